The lowest BCUT2D eigenvalue weighted by molar-refractivity contribution is -0.128. The summed E-state index contributed by atoms with van der Waals surface area (Å²) in [4.78, 5) is 21.2. The summed E-state index contributed by atoms with van der Waals surface area (Å²) in [5.74, 6) is -0.908. The number of anilines is 1. The molecular formula is C20H20ClN3O3S2. The number of carbonyl (C=O) groups is 1. The fourth-order valence-corrected chi connectivity index (χ4v) is 5.78. The lowest BCUT2D eigenvalue weighted by atomic mass is 10.2. The highest BCUT2D eigenvalue weighted by molar-refractivity contribution is 7.92. The molecule has 0 N–H and O–H groups in total. The number of amides is 1. The maximum absolute atomic E-state index is 12.6. The summed E-state index contributed by atoms with van der Waals surface area (Å²) in [7, 11) is -3.69. The number of sulfone groups is 1. The van der Waals surface area contributed by atoms with Gasteiger partial charge in [-0.25, -0.2) is 13.4 Å². The highest BCUT2D eigenvalue weighted by Crippen LogP contribution is 2.31. The molecular weight excluding hydrogens is 430 g/mol. The fourth-order valence-electron chi connectivity index (χ4n) is 3.34. The van der Waals surface area contributed by atoms with E-state index in [0.29, 0.717) is 31.2 Å². The van der Waals surface area contributed by atoms with Crippen LogP contribution in [0.15, 0.2) is 47.4 Å². The van der Waals surface area contributed by atoms with Gasteiger partial charge in [-0.05, 0) is 42.8 Å². The van der Waals surface area contributed by atoms with Gasteiger partial charge in [0.2, 0.25) is 5.91 Å². The highest BCUT2D eigenvalue weighted by atomic mass is 35.5. The number of piperazine rings is 1. The second kappa shape index (κ2) is 7.93. The van der Waals surface area contributed by atoms with Crippen molar-refractivity contribution < 1.29 is 13.2 Å². The molecule has 0 bridgehead atoms. The second-order valence-electron chi connectivity index (χ2n) is 7.00. The van der Waals surface area contributed by atoms with E-state index in [4.69, 9.17) is 16.6 Å². The van der Waals surface area contributed by atoms with E-state index in [1.807, 2.05) is 19.1 Å². The predicted octanol–water partition coefficient (Wildman–Crippen LogP) is 3.38. The Morgan fingerprint density at radius 2 is 1.79 bits per heavy atom. The van der Waals surface area contributed by atoms with Gasteiger partial charge in [-0.3, -0.25) is 4.79 Å². The third-order valence-corrected chi connectivity index (χ3v) is 7.95. The molecule has 0 radical (unpaired) electrons. The molecule has 1 aliphatic rings. The first kappa shape index (κ1) is 20.1. The van der Waals surface area contributed by atoms with Crippen LogP contribution in [0.4, 0.5) is 5.13 Å². The van der Waals surface area contributed by atoms with Crippen molar-refractivity contribution in [3.8, 4) is 0 Å². The molecule has 4 rings (SSSR count). The van der Waals surface area contributed by atoms with Crippen LogP contribution in [-0.2, 0) is 14.6 Å². The van der Waals surface area contributed by atoms with Crippen molar-refractivity contribution in [1.82, 2.24) is 9.88 Å². The van der Waals surface area contributed by atoms with Crippen molar-refractivity contribution in [1.29, 1.82) is 0 Å². The van der Waals surface area contributed by atoms with Crippen molar-refractivity contribution in [2.45, 2.75) is 11.8 Å². The lowest BCUT2D eigenvalue weighted by Gasteiger charge is -2.34. The van der Waals surface area contributed by atoms with Gasteiger partial charge < -0.3 is 9.80 Å². The van der Waals surface area contributed by atoms with Crippen LogP contribution in [0.25, 0.3) is 10.2 Å². The number of halogens is 1. The summed E-state index contributed by atoms with van der Waals surface area (Å²) < 4.78 is 26.2. The van der Waals surface area contributed by atoms with Gasteiger partial charge in [0.25, 0.3) is 0 Å². The monoisotopic (exact) mass is 449 g/mol. The largest absolute Gasteiger partial charge is 0.345 e. The molecule has 9 heteroatoms. The lowest BCUT2D eigenvalue weighted by Crippen LogP contribution is -2.50. The summed E-state index contributed by atoms with van der Waals surface area (Å²) in [5, 5.41) is 1.40. The number of rotatable bonds is 4. The number of hydrogen-bond donors (Lipinski definition) is 0. The zero-order chi connectivity index (χ0) is 20.6. The van der Waals surface area contributed by atoms with Crippen LogP contribution in [0.2, 0.25) is 5.02 Å². The summed E-state index contributed by atoms with van der Waals surface area (Å²) >= 11 is 7.45. The van der Waals surface area contributed by atoms with Crippen molar-refractivity contribution in [3.05, 3.63) is 53.1 Å². The van der Waals surface area contributed by atoms with Gasteiger partial charge in [-0.15, -0.1) is 0 Å². The fraction of sp³-hybridized carbons (Fsp3) is 0.300. The summed E-state index contributed by atoms with van der Waals surface area (Å²) in [6, 6.07) is 12.0. The Bertz CT molecular complexity index is 1150. The molecule has 2 aromatic carbocycles. The minimum atomic E-state index is -3.69. The number of fused-ring (bicyclic) bond motifs is 1. The number of thiazole rings is 1. The Morgan fingerprint density at radius 3 is 2.45 bits per heavy atom. The Kier molecular flexibility index (Phi) is 5.50. The average molecular weight is 450 g/mol. The molecule has 1 amide bonds. The van der Waals surface area contributed by atoms with Crippen LogP contribution in [0.1, 0.15) is 5.56 Å². The molecule has 0 unspecified atom stereocenters. The number of para-hydroxylation sites is 1. The average Bonchev–Trinajstić information content (AvgIpc) is 3.14. The van der Waals surface area contributed by atoms with Gasteiger partial charge in [-0.2, -0.15) is 0 Å². The second-order valence-corrected chi connectivity index (χ2v) is 10.4. The van der Waals surface area contributed by atoms with Gasteiger partial charge in [0, 0.05) is 31.2 Å². The van der Waals surface area contributed by atoms with Crippen LogP contribution in [0, 0.1) is 6.92 Å². The topological polar surface area (TPSA) is 70.6 Å². The smallest absolute Gasteiger partial charge is 0.238 e. The Labute approximate surface area is 178 Å². The molecule has 1 fully saturated rings. The van der Waals surface area contributed by atoms with Crippen molar-refractivity contribution in [2.24, 2.45) is 0 Å². The normalized spacial score (nSPS) is 15.1. The minimum Gasteiger partial charge on any atom is -0.345 e. The highest BCUT2D eigenvalue weighted by Gasteiger charge is 2.27. The summed E-state index contributed by atoms with van der Waals surface area (Å²) in [6.45, 7) is 4.26. The van der Waals surface area contributed by atoms with E-state index in [2.05, 4.69) is 11.0 Å². The van der Waals surface area contributed by atoms with E-state index >= 15 is 0 Å². The number of aromatic nitrogens is 1. The van der Waals surface area contributed by atoms with Gasteiger partial charge in [0.05, 0.1) is 15.1 Å². The first-order valence-electron chi connectivity index (χ1n) is 9.21. The van der Waals surface area contributed by atoms with Gasteiger partial charge >= 0.3 is 0 Å². The van der Waals surface area contributed by atoms with Crippen LogP contribution >= 0.6 is 22.9 Å². The van der Waals surface area contributed by atoms with Crippen LogP contribution in [0.5, 0.6) is 0 Å². The number of carbonyl (C=O) groups excluding carboxylic acids is 1. The quantitative estimate of drug-likeness (QED) is 0.610. The third-order valence-electron chi connectivity index (χ3n) is 5.00. The number of hydrogen-bond acceptors (Lipinski definition) is 6. The maximum atomic E-state index is 12.6. The van der Waals surface area contributed by atoms with E-state index in [-0.39, 0.29) is 10.8 Å². The Hall–Kier alpha value is -2.16. The molecule has 0 aliphatic carbocycles. The van der Waals surface area contributed by atoms with Gasteiger partial charge in [0.1, 0.15) is 5.75 Å². The van der Waals surface area contributed by atoms with E-state index in [1.165, 1.54) is 24.3 Å². The zero-order valence-corrected chi connectivity index (χ0v) is 18.2. The standard InChI is InChI=1S/C20H20ClN3O3S2/c1-14-3-2-4-17-19(14)22-20(28-17)24-11-9-23(10-12-24)18(25)13-29(26,27)16-7-5-15(21)6-8-16/h2-8H,9-13H2,1H3. The predicted molar refractivity (Wildman–Crippen MR) is 117 cm³/mol. The Balaban J connectivity index is 1.40. The summed E-state index contributed by atoms with van der Waals surface area (Å²) in [5.41, 5.74) is 2.16. The molecule has 1 aliphatic heterocycles. The maximum Gasteiger partial charge on any atom is 0.238 e. The summed E-state index contributed by atoms with van der Waals surface area (Å²) in [6.07, 6.45) is 0. The molecule has 0 atom stereocenters. The van der Waals surface area contributed by atoms with Gasteiger partial charge in [-0.1, -0.05) is 35.1 Å². The first-order valence-corrected chi connectivity index (χ1v) is 12.1. The first-order chi connectivity index (χ1) is 13.8. The molecule has 152 valence electrons. The van der Waals surface area contributed by atoms with Gasteiger partial charge in [0.15, 0.2) is 15.0 Å². The number of nitrogens with zero attached hydrogens (tertiary/aromatic N) is 3. The minimum absolute atomic E-state index is 0.110. The van der Waals surface area contributed by atoms with Crippen molar-refractivity contribution >= 4 is 54.0 Å². The van der Waals surface area contributed by atoms with E-state index < -0.39 is 15.6 Å². The molecule has 6 nitrogen and oxygen atoms in total. The van der Waals surface area contributed by atoms with Crippen LogP contribution < -0.4 is 4.90 Å². The third kappa shape index (κ3) is 4.24. The SMILES string of the molecule is Cc1cccc2sc(N3CCN(C(=O)CS(=O)(=O)c4ccc(Cl)cc4)CC3)nc12. The molecule has 29 heavy (non-hydrogen) atoms. The van der Waals surface area contributed by atoms with E-state index in [1.54, 1.807) is 16.2 Å². The zero-order valence-electron chi connectivity index (χ0n) is 15.8. The number of benzene rings is 2. The molecule has 1 saturated heterocycles. The molecule has 0 saturated carbocycles. The van der Waals surface area contributed by atoms with Crippen LogP contribution in [-0.4, -0.2) is 56.1 Å². The molecule has 0 spiro atoms. The molecule has 1 aromatic heterocycles. The molecule has 2 heterocycles. The van der Waals surface area contributed by atoms with E-state index in [0.717, 1.165) is 20.9 Å². The number of aryl methyl sites for hydroxylation is 1. The van der Waals surface area contributed by atoms with E-state index in [9.17, 15) is 13.2 Å². The van der Waals surface area contributed by atoms with Crippen molar-refractivity contribution in [2.75, 3.05) is 36.8 Å². The van der Waals surface area contributed by atoms with Crippen molar-refractivity contribution in [3.63, 3.8) is 0 Å². The molecule has 3 aromatic rings. The Morgan fingerprint density at radius 1 is 1.10 bits per heavy atom. The van der Waals surface area contributed by atoms with Crippen LogP contribution in [0.3, 0.4) is 0 Å².